The van der Waals surface area contributed by atoms with Crippen LogP contribution in [0.2, 0.25) is 0 Å². The Morgan fingerprint density at radius 2 is 2.00 bits per heavy atom. The largest absolute Gasteiger partial charge is 0.490 e. The molecule has 1 atom stereocenters. The fourth-order valence-corrected chi connectivity index (χ4v) is 2.81. The maximum absolute atomic E-state index is 12.9. The van der Waals surface area contributed by atoms with Crippen LogP contribution >= 0.6 is 0 Å². The molecule has 6 heteroatoms. The first-order chi connectivity index (χ1) is 12.3. The summed E-state index contributed by atoms with van der Waals surface area (Å²) in [6, 6.07) is 4.97. The number of hydrogen-bond donors (Lipinski definition) is 1. The van der Waals surface area contributed by atoms with Crippen LogP contribution in [0.3, 0.4) is 0 Å². The molecule has 1 fully saturated rings. The third-order valence-corrected chi connectivity index (χ3v) is 4.42. The number of carbonyl (C=O) groups is 2. The molecule has 2 rings (SSSR count). The van der Waals surface area contributed by atoms with E-state index >= 15 is 0 Å². The van der Waals surface area contributed by atoms with E-state index in [2.05, 4.69) is 5.32 Å². The second-order valence-corrected chi connectivity index (χ2v) is 7.05. The summed E-state index contributed by atoms with van der Waals surface area (Å²) in [7, 11) is 1.31. The van der Waals surface area contributed by atoms with Gasteiger partial charge in [0.2, 0.25) is 0 Å². The van der Waals surface area contributed by atoms with Crippen molar-refractivity contribution in [3.63, 3.8) is 0 Å². The van der Waals surface area contributed by atoms with Gasteiger partial charge in [0.1, 0.15) is 16.9 Å². The lowest BCUT2D eigenvalue weighted by atomic mass is 9.98. The monoisotopic (exact) mass is 363 g/mol. The SMILES string of the molecule is CCCOC(C)(C(=O)Nc1ccc(OC(C)C)c(C(=O)OC)c1)C1CC1. The molecule has 0 spiro atoms. The van der Waals surface area contributed by atoms with Crippen LogP contribution in [-0.4, -0.2) is 37.3 Å². The summed E-state index contributed by atoms with van der Waals surface area (Å²) in [6.45, 7) is 8.15. The van der Waals surface area contributed by atoms with Gasteiger partial charge in [-0.15, -0.1) is 0 Å². The van der Waals surface area contributed by atoms with E-state index in [0.29, 0.717) is 18.0 Å². The fourth-order valence-electron chi connectivity index (χ4n) is 2.81. The van der Waals surface area contributed by atoms with Gasteiger partial charge >= 0.3 is 5.97 Å². The molecule has 1 saturated carbocycles. The maximum Gasteiger partial charge on any atom is 0.341 e. The number of carbonyl (C=O) groups excluding carboxylic acids is 2. The standard InChI is InChI=1S/C20H29NO5/c1-6-11-25-20(4,14-7-8-14)19(23)21-15-9-10-17(26-13(2)3)16(12-15)18(22)24-5/h9-10,12-14H,6-8,11H2,1-5H3,(H,21,23). The summed E-state index contributed by atoms with van der Waals surface area (Å²) in [6.07, 6.45) is 2.74. The lowest BCUT2D eigenvalue weighted by Gasteiger charge is -2.28. The van der Waals surface area contributed by atoms with E-state index in [4.69, 9.17) is 14.2 Å². The van der Waals surface area contributed by atoms with Crippen LogP contribution in [0.15, 0.2) is 18.2 Å². The molecule has 1 aromatic rings. The molecule has 1 aromatic carbocycles. The molecule has 0 aliphatic heterocycles. The predicted octanol–water partition coefficient (Wildman–Crippen LogP) is 3.79. The number of esters is 1. The van der Waals surface area contributed by atoms with Crippen molar-refractivity contribution >= 4 is 17.6 Å². The Morgan fingerprint density at radius 1 is 1.31 bits per heavy atom. The van der Waals surface area contributed by atoms with Crippen molar-refractivity contribution in [1.29, 1.82) is 0 Å². The quantitative estimate of drug-likeness (QED) is 0.676. The molecule has 1 N–H and O–H groups in total. The Morgan fingerprint density at radius 3 is 2.54 bits per heavy atom. The summed E-state index contributed by atoms with van der Waals surface area (Å²) in [5.41, 5.74) is -0.0609. The van der Waals surface area contributed by atoms with E-state index in [9.17, 15) is 9.59 Å². The molecule has 0 heterocycles. The second kappa shape index (κ2) is 8.54. The summed E-state index contributed by atoms with van der Waals surface area (Å²) in [4.78, 5) is 24.9. The molecule has 0 saturated heterocycles. The molecule has 0 bridgehead atoms. The Bertz CT molecular complexity index is 654. The molecule has 1 unspecified atom stereocenters. The zero-order chi connectivity index (χ0) is 19.3. The molecule has 144 valence electrons. The number of ether oxygens (including phenoxy) is 3. The minimum Gasteiger partial charge on any atom is -0.490 e. The average Bonchev–Trinajstić information content (AvgIpc) is 3.45. The maximum atomic E-state index is 12.9. The number of hydrogen-bond acceptors (Lipinski definition) is 5. The minimum atomic E-state index is -0.853. The molecule has 1 amide bonds. The second-order valence-electron chi connectivity index (χ2n) is 7.05. The van der Waals surface area contributed by atoms with Gasteiger partial charge in [0.25, 0.3) is 5.91 Å². The third kappa shape index (κ3) is 4.75. The molecular formula is C20H29NO5. The normalized spacial score (nSPS) is 16.1. The topological polar surface area (TPSA) is 73.9 Å². The predicted molar refractivity (Wildman–Crippen MR) is 99.5 cm³/mol. The van der Waals surface area contributed by atoms with Crippen LogP contribution in [0.25, 0.3) is 0 Å². The van der Waals surface area contributed by atoms with Crippen LogP contribution < -0.4 is 10.1 Å². The van der Waals surface area contributed by atoms with Gasteiger partial charge in [0, 0.05) is 12.3 Å². The van der Waals surface area contributed by atoms with Crippen molar-refractivity contribution in [1.82, 2.24) is 0 Å². The van der Waals surface area contributed by atoms with Crippen LogP contribution in [0.4, 0.5) is 5.69 Å². The molecule has 0 radical (unpaired) electrons. The van der Waals surface area contributed by atoms with Crippen molar-refractivity contribution in [2.24, 2.45) is 5.92 Å². The third-order valence-electron chi connectivity index (χ3n) is 4.42. The summed E-state index contributed by atoms with van der Waals surface area (Å²) < 4.78 is 16.4. The Labute approximate surface area is 155 Å². The van der Waals surface area contributed by atoms with Gasteiger partial charge in [-0.25, -0.2) is 4.79 Å². The molecule has 0 aromatic heterocycles. The molecule has 26 heavy (non-hydrogen) atoms. The minimum absolute atomic E-state index is 0.0838. The van der Waals surface area contributed by atoms with Crippen molar-refractivity contribution in [2.45, 2.75) is 58.7 Å². The lowest BCUT2D eigenvalue weighted by molar-refractivity contribution is -0.142. The molecular weight excluding hydrogens is 334 g/mol. The number of rotatable bonds is 9. The molecule has 1 aliphatic carbocycles. The van der Waals surface area contributed by atoms with E-state index in [-0.39, 0.29) is 23.5 Å². The first-order valence-corrected chi connectivity index (χ1v) is 9.16. The average molecular weight is 363 g/mol. The van der Waals surface area contributed by atoms with Crippen molar-refractivity contribution in [3.8, 4) is 5.75 Å². The zero-order valence-electron chi connectivity index (χ0n) is 16.3. The van der Waals surface area contributed by atoms with Crippen molar-refractivity contribution in [2.75, 3.05) is 19.0 Å². The van der Waals surface area contributed by atoms with E-state index in [1.165, 1.54) is 7.11 Å². The number of benzene rings is 1. The van der Waals surface area contributed by atoms with Crippen molar-refractivity contribution < 1.29 is 23.8 Å². The Kier molecular flexibility index (Phi) is 6.64. The number of methoxy groups -OCH3 is 1. The van der Waals surface area contributed by atoms with Crippen LogP contribution in [0, 0.1) is 5.92 Å². The highest BCUT2D eigenvalue weighted by Gasteiger charge is 2.48. The zero-order valence-corrected chi connectivity index (χ0v) is 16.3. The van der Waals surface area contributed by atoms with Gasteiger partial charge < -0.3 is 19.5 Å². The van der Waals surface area contributed by atoms with Gasteiger partial charge in [0.15, 0.2) is 0 Å². The first kappa shape index (κ1) is 20.2. The summed E-state index contributed by atoms with van der Waals surface area (Å²) >= 11 is 0. The van der Waals surface area contributed by atoms with E-state index in [0.717, 1.165) is 19.3 Å². The highest BCUT2D eigenvalue weighted by Crippen LogP contribution is 2.42. The van der Waals surface area contributed by atoms with Crippen LogP contribution in [0.5, 0.6) is 5.75 Å². The van der Waals surface area contributed by atoms with E-state index < -0.39 is 11.6 Å². The van der Waals surface area contributed by atoms with Crippen molar-refractivity contribution in [3.05, 3.63) is 23.8 Å². The van der Waals surface area contributed by atoms with Crippen LogP contribution in [0.1, 0.15) is 57.3 Å². The van der Waals surface area contributed by atoms with E-state index in [1.807, 2.05) is 27.7 Å². The Hall–Kier alpha value is -2.08. The molecule has 6 nitrogen and oxygen atoms in total. The Balaban J connectivity index is 2.22. The number of amides is 1. The lowest BCUT2D eigenvalue weighted by Crippen LogP contribution is -2.45. The highest BCUT2D eigenvalue weighted by molar-refractivity contribution is 6.00. The number of anilines is 1. The summed E-state index contributed by atoms with van der Waals surface area (Å²) in [5, 5.41) is 2.89. The first-order valence-electron chi connectivity index (χ1n) is 9.16. The van der Waals surface area contributed by atoms with Gasteiger partial charge in [-0.3, -0.25) is 4.79 Å². The van der Waals surface area contributed by atoms with Gasteiger partial charge in [-0.1, -0.05) is 6.92 Å². The number of nitrogens with one attached hydrogen (secondary N) is 1. The van der Waals surface area contributed by atoms with Gasteiger partial charge in [-0.2, -0.15) is 0 Å². The van der Waals surface area contributed by atoms with Gasteiger partial charge in [0.05, 0.1) is 13.2 Å². The fraction of sp³-hybridized carbons (Fsp3) is 0.600. The highest BCUT2D eigenvalue weighted by atomic mass is 16.5. The summed E-state index contributed by atoms with van der Waals surface area (Å²) in [5.74, 6) is -0.0413. The molecule has 1 aliphatic rings. The van der Waals surface area contributed by atoms with Crippen LogP contribution in [-0.2, 0) is 14.3 Å². The van der Waals surface area contributed by atoms with Gasteiger partial charge in [-0.05, 0) is 64.2 Å². The smallest absolute Gasteiger partial charge is 0.341 e. The van der Waals surface area contributed by atoms with E-state index in [1.54, 1.807) is 18.2 Å².